The van der Waals surface area contributed by atoms with Crippen molar-refractivity contribution in [2.24, 2.45) is 0 Å². The van der Waals surface area contributed by atoms with Crippen molar-refractivity contribution in [3.63, 3.8) is 0 Å². The fraction of sp³-hybridized carbons (Fsp3) is 0.417. The fourth-order valence-corrected chi connectivity index (χ4v) is 1.45. The van der Waals surface area contributed by atoms with Crippen LogP contribution in [0.4, 0.5) is 19.3 Å². The van der Waals surface area contributed by atoms with Crippen molar-refractivity contribution in [1.29, 1.82) is 0 Å². The van der Waals surface area contributed by atoms with Crippen LogP contribution in [0.15, 0.2) is 18.2 Å². The monoisotopic (exact) mass is 258 g/mol. The molecule has 1 aromatic rings. The van der Waals surface area contributed by atoms with Crippen molar-refractivity contribution in [1.82, 2.24) is 5.32 Å². The Morgan fingerprint density at radius 2 is 1.94 bits per heavy atom. The minimum atomic E-state index is -0.767. The lowest BCUT2D eigenvalue weighted by atomic mass is 10.2. The molecule has 0 aliphatic heterocycles. The van der Waals surface area contributed by atoms with Crippen LogP contribution in [0, 0.1) is 11.6 Å². The topological polar surface area (TPSA) is 61.4 Å². The molecular formula is C12H16F2N2O2. The summed E-state index contributed by atoms with van der Waals surface area (Å²) in [7, 11) is 0. The summed E-state index contributed by atoms with van der Waals surface area (Å²) in [6.07, 6.45) is 0.763. The summed E-state index contributed by atoms with van der Waals surface area (Å²) in [5, 5.41) is 14.1. The number of halogens is 2. The lowest BCUT2D eigenvalue weighted by molar-refractivity contribution is 0.162. The zero-order valence-electron chi connectivity index (χ0n) is 10.0. The maximum absolute atomic E-state index is 12.8. The van der Waals surface area contributed by atoms with E-state index in [0.717, 1.165) is 18.6 Å². The third-order valence-corrected chi connectivity index (χ3v) is 2.24. The minimum absolute atomic E-state index is 0.0231. The van der Waals surface area contributed by atoms with Crippen molar-refractivity contribution < 1.29 is 18.7 Å². The van der Waals surface area contributed by atoms with Gasteiger partial charge in [0.25, 0.3) is 0 Å². The second-order valence-corrected chi connectivity index (χ2v) is 3.94. The van der Waals surface area contributed by atoms with E-state index in [0.29, 0.717) is 12.5 Å². The molecule has 0 fully saturated rings. The molecule has 100 valence electrons. The first-order valence-corrected chi connectivity index (χ1v) is 5.70. The molecule has 0 bridgehead atoms. The van der Waals surface area contributed by atoms with Gasteiger partial charge in [0.1, 0.15) is 11.6 Å². The van der Waals surface area contributed by atoms with Crippen LogP contribution in [0.3, 0.4) is 0 Å². The average molecular weight is 258 g/mol. The molecule has 0 heterocycles. The van der Waals surface area contributed by atoms with Crippen molar-refractivity contribution in [3.8, 4) is 0 Å². The number of hydrogen-bond acceptors (Lipinski definition) is 2. The van der Waals surface area contributed by atoms with Crippen molar-refractivity contribution in [3.05, 3.63) is 29.8 Å². The number of carbonyl (C=O) groups excluding carboxylic acids is 1. The first-order chi connectivity index (χ1) is 8.51. The highest BCUT2D eigenvalue weighted by atomic mass is 19.1. The molecule has 0 aliphatic rings. The fourth-order valence-electron chi connectivity index (χ4n) is 1.45. The molecule has 0 aromatic heterocycles. The van der Waals surface area contributed by atoms with Crippen LogP contribution in [0.25, 0.3) is 0 Å². The van der Waals surface area contributed by atoms with Crippen LogP contribution in [0.2, 0.25) is 0 Å². The van der Waals surface area contributed by atoms with Gasteiger partial charge in [-0.15, -0.1) is 0 Å². The second-order valence-electron chi connectivity index (χ2n) is 3.94. The Kier molecular flexibility index (Phi) is 5.51. The number of hydrogen-bond donors (Lipinski definition) is 3. The summed E-state index contributed by atoms with van der Waals surface area (Å²) in [5.41, 5.74) is 0.0231. The first kappa shape index (κ1) is 14.4. The van der Waals surface area contributed by atoms with E-state index >= 15 is 0 Å². The number of nitrogens with one attached hydrogen (secondary N) is 2. The number of urea groups is 1. The lowest BCUT2D eigenvalue weighted by Crippen LogP contribution is -2.35. The number of carbonyl (C=O) groups is 1. The van der Waals surface area contributed by atoms with Gasteiger partial charge in [0.2, 0.25) is 0 Å². The van der Waals surface area contributed by atoms with E-state index in [1.165, 1.54) is 0 Å². The molecule has 1 aromatic carbocycles. The van der Waals surface area contributed by atoms with Gasteiger partial charge >= 0.3 is 6.03 Å². The van der Waals surface area contributed by atoms with Crippen molar-refractivity contribution in [2.45, 2.75) is 25.9 Å². The summed E-state index contributed by atoms with van der Waals surface area (Å²) in [6.45, 7) is 2.01. The molecular weight excluding hydrogens is 242 g/mol. The second kappa shape index (κ2) is 6.90. The highest BCUT2D eigenvalue weighted by molar-refractivity contribution is 5.89. The number of anilines is 1. The van der Waals surface area contributed by atoms with Gasteiger partial charge in [0.15, 0.2) is 0 Å². The van der Waals surface area contributed by atoms with Crippen molar-refractivity contribution >= 4 is 11.7 Å². The van der Waals surface area contributed by atoms with Gasteiger partial charge in [-0.05, 0) is 18.6 Å². The maximum atomic E-state index is 12.8. The predicted octanol–water partition coefficient (Wildman–Crippen LogP) is 2.25. The molecule has 6 heteroatoms. The molecule has 18 heavy (non-hydrogen) atoms. The quantitative estimate of drug-likeness (QED) is 0.758. The Balaban J connectivity index is 2.44. The van der Waals surface area contributed by atoms with Gasteiger partial charge in [-0.2, -0.15) is 0 Å². The zero-order valence-corrected chi connectivity index (χ0v) is 10.0. The summed E-state index contributed by atoms with van der Waals surface area (Å²) in [6, 6.07) is 2.11. The third-order valence-electron chi connectivity index (χ3n) is 2.24. The third kappa shape index (κ3) is 5.09. The minimum Gasteiger partial charge on any atom is -0.391 e. The molecule has 0 saturated heterocycles. The molecule has 0 spiro atoms. The number of aliphatic hydroxyl groups excluding tert-OH is 1. The predicted molar refractivity (Wildman–Crippen MR) is 64.3 cm³/mol. The Morgan fingerprint density at radius 1 is 1.33 bits per heavy atom. The highest BCUT2D eigenvalue weighted by Crippen LogP contribution is 2.12. The standard InChI is InChI=1S/C12H16F2N2O2/c1-2-3-11(17)7-15-12(18)16-10-5-8(13)4-9(14)6-10/h4-6,11,17H,2-3,7H2,1H3,(H2,15,16,18). The Hall–Kier alpha value is -1.69. The van der Waals surface area contributed by atoms with E-state index in [2.05, 4.69) is 10.6 Å². The molecule has 2 amide bonds. The van der Waals surface area contributed by atoms with E-state index < -0.39 is 23.8 Å². The largest absolute Gasteiger partial charge is 0.391 e. The van der Waals surface area contributed by atoms with Gasteiger partial charge in [-0.25, -0.2) is 13.6 Å². The summed E-state index contributed by atoms with van der Waals surface area (Å²) in [4.78, 5) is 11.4. The average Bonchev–Trinajstić information content (AvgIpc) is 2.25. The van der Waals surface area contributed by atoms with E-state index in [1.54, 1.807) is 0 Å². The van der Waals surface area contributed by atoms with Crippen LogP contribution in [0.1, 0.15) is 19.8 Å². The van der Waals surface area contributed by atoms with Crippen molar-refractivity contribution in [2.75, 3.05) is 11.9 Å². The molecule has 0 radical (unpaired) electrons. The number of aliphatic hydroxyl groups is 1. The molecule has 0 aliphatic carbocycles. The number of benzene rings is 1. The summed E-state index contributed by atoms with van der Waals surface area (Å²) >= 11 is 0. The summed E-state index contributed by atoms with van der Waals surface area (Å²) < 4.78 is 25.7. The Labute approximate surface area is 104 Å². The molecule has 4 nitrogen and oxygen atoms in total. The lowest BCUT2D eigenvalue weighted by Gasteiger charge is -2.11. The first-order valence-electron chi connectivity index (χ1n) is 5.70. The Bertz CT molecular complexity index is 393. The zero-order chi connectivity index (χ0) is 13.5. The van der Waals surface area contributed by atoms with E-state index in [9.17, 15) is 18.7 Å². The van der Waals surface area contributed by atoms with Crippen LogP contribution < -0.4 is 10.6 Å². The number of rotatable bonds is 5. The van der Waals surface area contributed by atoms with Gasteiger partial charge in [0, 0.05) is 18.3 Å². The maximum Gasteiger partial charge on any atom is 0.319 e. The smallest absolute Gasteiger partial charge is 0.319 e. The van der Waals surface area contributed by atoms with Gasteiger partial charge < -0.3 is 15.7 Å². The van der Waals surface area contributed by atoms with E-state index in [-0.39, 0.29) is 12.2 Å². The van der Waals surface area contributed by atoms with Crippen LogP contribution in [-0.4, -0.2) is 23.8 Å². The molecule has 1 atom stereocenters. The molecule has 1 rings (SSSR count). The Morgan fingerprint density at radius 3 is 2.50 bits per heavy atom. The molecule has 3 N–H and O–H groups in total. The van der Waals surface area contributed by atoms with Crippen LogP contribution in [-0.2, 0) is 0 Å². The van der Waals surface area contributed by atoms with Gasteiger partial charge in [0.05, 0.1) is 6.10 Å². The molecule has 1 unspecified atom stereocenters. The normalized spacial score (nSPS) is 12.0. The van der Waals surface area contributed by atoms with Crippen LogP contribution >= 0.6 is 0 Å². The van der Waals surface area contributed by atoms with Crippen LogP contribution in [0.5, 0.6) is 0 Å². The van der Waals surface area contributed by atoms with Gasteiger partial charge in [-0.3, -0.25) is 0 Å². The highest BCUT2D eigenvalue weighted by Gasteiger charge is 2.07. The van der Waals surface area contributed by atoms with E-state index in [4.69, 9.17) is 0 Å². The van der Waals surface area contributed by atoms with E-state index in [1.807, 2.05) is 6.92 Å². The summed E-state index contributed by atoms with van der Waals surface area (Å²) in [5.74, 6) is -1.53. The molecule has 0 saturated carbocycles. The number of amides is 2. The SMILES string of the molecule is CCCC(O)CNC(=O)Nc1cc(F)cc(F)c1. The van der Waals surface area contributed by atoms with Gasteiger partial charge in [-0.1, -0.05) is 13.3 Å².